The van der Waals surface area contributed by atoms with E-state index < -0.39 is 5.85 Å². The second-order valence-corrected chi connectivity index (χ2v) is 7.76. The fraction of sp³-hybridized carbons (Fsp3) is 0.269. The van der Waals surface area contributed by atoms with Crippen LogP contribution < -0.4 is 9.91 Å². The van der Waals surface area contributed by atoms with Crippen LogP contribution in [0.3, 0.4) is 0 Å². The number of hydrogen-bond acceptors (Lipinski definition) is 5. The van der Waals surface area contributed by atoms with Crippen LogP contribution in [0.1, 0.15) is 32.3 Å². The van der Waals surface area contributed by atoms with Crippen molar-refractivity contribution in [2.75, 3.05) is 9.91 Å². The third-order valence-electron chi connectivity index (χ3n) is 5.82. The number of nitrogens with zero attached hydrogens (tertiary/aromatic N) is 3. The van der Waals surface area contributed by atoms with Gasteiger partial charge in [0.2, 0.25) is 0 Å². The van der Waals surface area contributed by atoms with Crippen LogP contribution in [0.25, 0.3) is 0 Å². The average molecular weight is 414 g/mol. The Bertz CT molecular complexity index is 1040. The van der Waals surface area contributed by atoms with Crippen LogP contribution in [0, 0.1) is 0 Å². The molecule has 5 nitrogen and oxygen atoms in total. The van der Waals surface area contributed by atoms with E-state index in [1.54, 1.807) is 0 Å². The standard InChI is InChI=1S/C26H27N3O2/c1-3-23-26(31-24(4-2)30-23)28(21-16-10-6-11-17-21)25(20-14-8-5-9-15-20)27-29(26)22-18-12-7-13-19-22/h5-19,23-24H,3-4H2,1-2H3/t23-,24-,26+/m0/s1. The zero-order valence-electron chi connectivity index (χ0n) is 17.9. The highest BCUT2D eigenvalue weighted by atomic mass is 16.8. The smallest absolute Gasteiger partial charge is 0.276 e. The van der Waals surface area contributed by atoms with Crippen molar-refractivity contribution in [3.63, 3.8) is 0 Å². The van der Waals surface area contributed by atoms with Crippen LogP contribution in [0.4, 0.5) is 11.4 Å². The summed E-state index contributed by atoms with van der Waals surface area (Å²) in [6, 6.07) is 30.8. The van der Waals surface area contributed by atoms with E-state index in [0.29, 0.717) is 0 Å². The maximum atomic E-state index is 6.76. The van der Waals surface area contributed by atoms with E-state index in [-0.39, 0.29) is 12.4 Å². The van der Waals surface area contributed by atoms with Gasteiger partial charge in [-0.25, -0.2) is 5.01 Å². The Kier molecular flexibility index (Phi) is 5.22. The van der Waals surface area contributed by atoms with Crippen molar-refractivity contribution in [1.82, 2.24) is 0 Å². The molecular weight excluding hydrogens is 386 g/mol. The van der Waals surface area contributed by atoms with E-state index in [4.69, 9.17) is 14.6 Å². The van der Waals surface area contributed by atoms with Crippen molar-refractivity contribution in [3.05, 3.63) is 96.6 Å². The maximum Gasteiger partial charge on any atom is 0.276 e. The van der Waals surface area contributed by atoms with Crippen molar-refractivity contribution < 1.29 is 9.47 Å². The molecule has 5 rings (SSSR count). The number of hydrazone groups is 1. The minimum Gasteiger partial charge on any atom is -0.342 e. The van der Waals surface area contributed by atoms with Gasteiger partial charge in [-0.15, -0.1) is 5.10 Å². The molecule has 1 spiro atoms. The topological polar surface area (TPSA) is 37.3 Å². The highest BCUT2D eigenvalue weighted by Crippen LogP contribution is 2.47. The molecule has 2 heterocycles. The highest BCUT2D eigenvalue weighted by Gasteiger charge is 2.62. The molecule has 3 aromatic rings. The van der Waals surface area contributed by atoms with E-state index in [0.717, 1.165) is 35.6 Å². The van der Waals surface area contributed by atoms with Crippen LogP contribution in [0.5, 0.6) is 0 Å². The van der Waals surface area contributed by atoms with E-state index in [2.05, 4.69) is 55.1 Å². The van der Waals surface area contributed by atoms with Gasteiger partial charge < -0.3 is 9.47 Å². The van der Waals surface area contributed by atoms with Gasteiger partial charge in [-0.1, -0.05) is 80.6 Å². The van der Waals surface area contributed by atoms with Crippen molar-refractivity contribution in [2.24, 2.45) is 5.10 Å². The van der Waals surface area contributed by atoms with Gasteiger partial charge >= 0.3 is 0 Å². The zero-order chi connectivity index (χ0) is 21.3. The van der Waals surface area contributed by atoms with Gasteiger partial charge in [0.25, 0.3) is 5.85 Å². The summed E-state index contributed by atoms with van der Waals surface area (Å²) < 4.78 is 13.2. The Balaban J connectivity index is 1.76. The Morgan fingerprint density at radius 3 is 1.94 bits per heavy atom. The highest BCUT2D eigenvalue weighted by molar-refractivity contribution is 6.13. The summed E-state index contributed by atoms with van der Waals surface area (Å²) in [4.78, 5) is 2.21. The molecular formula is C26H27N3O2. The lowest BCUT2D eigenvalue weighted by Crippen LogP contribution is -2.62. The average Bonchev–Trinajstić information content (AvgIpc) is 3.39. The SMILES string of the molecule is CC[C@H]1O[C@@H](CC)[C@]2(O1)N(c1ccccc1)N=C(c1ccccc1)N2c1ccccc1. The summed E-state index contributed by atoms with van der Waals surface area (Å²) in [5, 5.41) is 7.17. The summed E-state index contributed by atoms with van der Waals surface area (Å²) in [6.07, 6.45) is 1.07. The van der Waals surface area contributed by atoms with Crippen LogP contribution in [-0.4, -0.2) is 24.1 Å². The monoisotopic (exact) mass is 413 g/mol. The molecule has 0 radical (unpaired) electrons. The number of ether oxygens (including phenoxy) is 2. The Hall–Kier alpha value is -3.15. The maximum absolute atomic E-state index is 6.76. The minimum absolute atomic E-state index is 0.192. The van der Waals surface area contributed by atoms with Gasteiger partial charge in [0.15, 0.2) is 12.1 Å². The summed E-state index contributed by atoms with van der Waals surface area (Å²) in [5.74, 6) is -0.0713. The van der Waals surface area contributed by atoms with Crippen LogP contribution >= 0.6 is 0 Å². The first-order valence-corrected chi connectivity index (χ1v) is 11.0. The van der Waals surface area contributed by atoms with Gasteiger partial charge in [0.05, 0.1) is 5.69 Å². The molecule has 2 aliphatic heterocycles. The van der Waals surface area contributed by atoms with Crippen molar-refractivity contribution >= 4 is 17.2 Å². The van der Waals surface area contributed by atoms with Crippen molar-refractivity contribution in [2.45, 2.75) is 44.9 Å². The first-order chi connectivity index (χ1) is 15.3. The molecule has 0 aromatic heterocycles. The molecule has 1 fully saturated rings. The Morgan fingerprint density at radius 2 is 1.35 bits per heavy atom. The van der Waals surface area contributed by atoms with E-state index in [9.17, 15) is 0 Å². The molecule has 0 aliphatic carbocycles. The van der Waals surface area contributed by atoms with E-state index in [1.165, 1.54) is 0 Å². The number of hydrogen-bond donors (Lipinski definition) is 0. The molecule has 158 valence electrons. The molecule has 5 heteroatoms. The third kappa shape index (κ3) is 3.21. The van der Waals surface area contributed by atoms with Gasteiger partial charge in [0.1, 0.15) is 6.10 Å². The molecule has 2 aliphatic rings. The molecule has 3 atom stereocenters. The van der Waals surface area contributed by atoms with Gasteiger partial charge in [-0.3, -0.25) is 4.90 Å². The second-order valence-electron chi connectivity index (χ2n) is 7.76. The first kappa shape index (κ1) is 19.8. The molecule has 0 N–H and O–H groups in total. The number of anilines is 2. The fourth-order valence-electron chi connectivity index (χ4n) is 4.42. The molecule has 31 heavy (non-hydrogen) atoms. The number of benzene rings is 3. The Morgan fingerprint density at radius 1 is 0.774 bits per heavy atom. The lowest BCUT2D eigenvalue weighted by molar-refractivity contribution is -0.0868. The summed E-state index contributed by atoms with van der Waals surface area (Å²) in [6.45, 7) is 4.23. The zero-order valence-corrected chi connectivity index (χ0v) is 17.9. The van der Waals surface area contributed by atoms with Gasteiger partial charge in [-0.05, 0) is 37.1 Å². The number of rotatable bonds is 5. The molecule has 0 bridgehead atoms. The van der Waals surface area contributed by atoms with Crippen molar-refractivity contribution in [1.29, 1.82) is 0 Å². The van der Waals surface area contributed by atoms with Crippen LogP contribution in [0.2, 0.25) is 0 Å². The number of para-hydroxylation sites is 2. The van der Waals surface area contributed by atoms with E-state index >= 15 is 0 Å². The molecule has 0 saturated carbocycles. The number of amidine groups is 1. The predicted octanol–water partition coefficient (Wildman–Crippen LogP) is 5.59. The molecule has 3 aromatic carbocycles. The fourth-order valence-corrected chi connectivity index (χ4v) is 4.42. The van der Waals surface area contributed by atoms with Crippen LogP contribution in [0.15, 0.2) is 96.1 Å². The largest absolute Gasteiger partial charge is 0.342 e. The molecule has 0 amide bonds. The third-order valence-corrected chi connectivity index (χ3v) is 5.82. The quantitative estimate of drug-likeness (QED) is 0.546. The van der Waals surface area contributed by atoms with Crippen LogP contribution in [-0.2, 0) is 9.47 Å². The van der Waals surface area contributed by atoms with Gasteiger partial charge in [-0.2, -0.15) is 0 Å². The lowest BCUT2D eigenvalue weighted by Gasteiger charge is -2.42. The van der Waals surface area contributed by atoms with E-state index in [1.807, 2.05) is 59.6 Å². The summed E-state index contributed by atoms with van der Waals surface area (Å²) >= 11 is 0. The molecule has 1 saturated heterocycles. The predicted molar refractivity (Wildman–Crippen MR) is 124 cm³/mol. The Labute approximate surface area is 183 Å². The summed E-state index contributed by atoms with van der Waals surface area (Å²) in [5.41, 5.74) is 3.01. The first-order valence-electron chi connectivity index (χ1n) is 11.0. The van der Waals surface area contributed by atoms with Gasteiger partial charge in [0, 0.05) is 11.3 Å². The summed E-state index contributed by atoms with van der Waals surface area (Å²) in [7, 11) is 0. The molecule has 0 unspecified atom stereocenters. The minimum atomic E-state index is -0.913. The lowest BCUT2D eigenvalue weighted by atomic mass is 10.1. The normalized spacial score (nSPS) is 25.3. The second kappa shape index (κ2) is 8.17. The van der Waals surface area contributed by atoms with Crippen molar-refractivity contribution in [3.8, 4) is 0 Å².